The number of rotatable bonds is 21. The molecule has 248 valence electrons. The van der Waals surface area contributed by atoms with Gasteiger partial charge in [-0.3, -0.25) is 38.4 Å². The topological polar surface area (TPSA) is 341 Å². The molecule has 20 nitrogen and oxygen atoms in total. The van der Waals surface area contributed by atoms with E-state index < -0.39 is 122 Å². The molecule has 5 atom stereocenters. The maximum absolute atomic E-state index is 13.2. The van der Waals surface area contributed by atoms with Gasteiger partial charge in [0.15, 0.2) is 0 Å². The van der Waals surface area contributed by atoms with Gasteiger partial charge in [0.2, 0.25) is 29.5 Å². The summed E-state index contributed by atoms with van der Waals surface area (Å²) in [4.78, 5) is 108. The SMILES string of the molecule is CC(C)C[C@H](NC(=O)[C@H](CC(=O)O)NC(=O)CN)C(=O)N[C@@H](CCC(=O)O)C(=O)N[C@@H](CO)C(=O)N[C@@H](CC(=O)O)C(=O)O. The lowest BCUT2D eigenvalue weighted by Gasteiger charge is -2.27. The van der Waals surface area contributed by atoms with Crippen LogP contribution in [0.15, 0.2) is 0 Å². The van der Waals surface area contributed by atoms with Crippen LogP contribution >= 0.6 is 0 Å². The molecule has 0 fully saturated rings. The van der Waals surface area contributed by atoms with E-state index in [4.69, 9.17) is 26.2 Å². The summed E-state index contributed by atoms with van der Waals surface area (Å²) in [6.07, 6.45) is -3.20. The lowest BCUT2D eigenvalue weighted by atomic mass is 10.0. The maximum Gasteiger partial charge on any atom is 0.326 e. The fourth-order valence-electron chi connectivity index (χ4n) is 3.53. The molecule has 0 aliphatic carbocycles. The molecule has 0 bridgehead atoms. The van der Waals surface area contributed by atoms with Crippen molar-refractivity contribution in [2.45, 2.75) is 76.2 Å². The average molecular weight is 635 g/mol. The number of carbonyl (C=O) groups is 9. The molecule has 0 aromatic rings. The molecule has 0 rings (SSSR count). The molecule has 0 radical (unpaired) electrons. The minimum absolute atomic E-state index is 0.0721. The molecule has 5 amide bonds. The highest BCUT2D eigenvalue weighted by Gasteiger charge is 2.33. The molecule has 0 aromatic carbocycles. The monoisotopic (exact) mass is 634 g/mol. The van der Waals surface area contributed by atoms with E-state index in [9.17, 15) is 48.3 Å². The first-order valence-corrected chi connectivity index (χ1v) is 13.1. The third kappa shape index (κ3) is 15.4. The summed E-state index contributed by atoms with van der Waals surface area (Å²) in [6.45, 7) is 1.64. The van der Waals surface area contributed by atoms with Crippen molar-refractivity contribution in [2.75, 3.05) is 13.2 Å². The number of nitrogens with one attached hydrogen (secondary N) is 5. The summed E-state index contributed by atoms with van der Waals surface area (Å²) >= 11 is 0. The average Bonchev–Trinajstić information content (AvgIpc) is 2.91. The fraction of sp³-hybridized carbons (Fsp3) is 0.625. The molecule has 0 aromatic heterocycles. The Morgan fingerprint density at radius 2 is 1.02 bits per heavy atom. The van der Waals surface area contributed by atoms with E-state index in [1.807, 2.05) is 10.6 Å². The van der Waals surface area contributed by atoms with Crippen molar-refractivity contribution in [2.24, 2.45) is 11.7 Å². The van der Waals surface area contributed by atoms with Crippen LogP contribution in [-0.4, -0.2) is 122 Å². The van der Waals surface area contributed by atoms with E-state index in [2.05, 4.69) is 16.0 Å². The second-order valence-electron chi connectivity index (χ2n) is 9.85. The number of nitrogens with two attached hydrogens (primary N) is 1. The molecule has 0 saturated heterocycles. The van der Waals surface area contributed by atoms with Crippen molar-refractivity contribution in [3.8, 4) is 0 Å². The van der Waals surface area contributed by atoms with E-state index in [0.717, 1.165) is 0 Å². The van der Waals surface area contributed by atoms with E-state index in [1.54, 1.807) is 13.8 Å². The highest BCUT2D eigenvalue weighted by molar-refractivity contribution is 5.97. The minimum Gasteiger partial charge on any atom is -0.481 e. The third-order valence-electron chi connectivity index (χ3n) is 5.64. The first-order chi connectivity index (χ1) is 20.4. The normalized spacial score (nSPS) is 14.1. The van der Waals surface area contributed by atoms with Crippen molar-refractivity contribution in [1.82, 2.24) is 26.6 Å². The quantitative estimate of drug-likeness (QED) is 0.0565. The van der Waals surface area contributed by atoms with Crippen LogP contribution in [0.2, 0.25) is 0 Å². The number of aliphatic carboxylic acids is 4. The van der Waals surface area contributed by atoms with Gasteiger partial charge in [-0.15, -0.1) is 0 Å². The lowest BCUT2D eigenvalue weighted by molar-refractivity contribution is -0.147. The van der Waals surface area contributed by atoms with Crippen LogP contribution in [0.1, 0.15) is 46.0 Å². The zero-order valence-electron chi connectivity index (χ0n) is 23.9. The zero-order valence-corrected chi connectivity index (χ0v) is 23.9. The Labute approximate surface area is 250 Å². The molecule has 20 heteroatoms. The van der Waals surface area contributed by atoms with Crippen molar-refractivity contribution in [1.29, 1.82) is 0 Å². The Kier molecular flexibility index (Phi) is 17.2. The number of carboxylic acid groups (broad SMARTS) is 4. The third-order valence-corrected chi connectivity index (χ3v) is 5.64. The van der Waals surface area contributed by atoms with Gasteiger partial charge in [0.05, 0.1) is 26.0 Å². The minimum atomic E-state index is -1.92. The summed E-state index contributed by atoms with van der Waals surface area (Å²) < 4.78 is 0. The maximum atomic E-state index is 13.2. The first kappa shape index (κ1) is 39.1. The first-order valence-electron chi connectivity index (χ1n) is 13.1. The Morgan fingerprint density at radius 3 is 1.48 bits per heavy atom. The molecule has 0 aliphatic heterocycles. The summed E-state index contributed by atoms with van der Waals surface area (Å²) in [5, 5.41) is 56.2. The molecule has 0 heterocycles. The van der Waals surface area contributed by atoms with Crippen LogP contribution in [0.5, 0.6) is 0 Å². The second kappa shape index (κ2) is 19.4. The van der Waals surface area contributed by atoms with Crippen molar-refractivity contribution >= 4 is 53.4 Å². The number of hydrogen-bond donors (Lipinski definition) is 11. The molecule has 0 unspecified atom stereocenters. The summed E-state index contributed by atoms with van der Waals surface area (Å²) in [5.41, 5.74) is 5.19. The number of carboxylic acids is 4. The summed E-state index contributed by atoms with van der Waals surface area (Å²) in [6, 6.07) is -8.52. The lowest BCUT2D eigenvalue weighted by Crippen LogP contribution is -2.60. The van der Waals surface area contributed by atoms with Crippen LogP contribution in [0, 0.1) is 5.92 Å². The van der Waals surface area contributed by atoms with Crippen LogP contribution in [0.3, 0.4) is 0 Å². The predicted octanol–water partition coefficient (Wildman–Crippen LogP) is -4.69. The number of aliphatic hydroxyl groups excluding tert-OH is 1. The number of aliphatic hydroxyl groups is 1. The predicted molar refractivity (Wildman–Crippen MR) is 144 cm³/mol. The summed E-state index contributed by atoms with van der Waals surface area (Å²) in [5.74, 6) is -11.9. The second-order valence-corrected chi connectivity index (χ2v) is 9.85. The largest absolute Gasteiger partial charge is 0.481 e. The van der Waals surface area contributed by atoms with Gasteiger partial charge in [0.25, 0.3) is 0 Å². The number of amides is 5. The van der Waals surface area contributed by atoms with Crippen LogP contribution in [0.4, 0.5) is 0 Å². The molecule has 44 heavy (non-hydrogen) atoms. The van der Waals surface area contributed by atoms with E-state index in [0.29, 0.717) is 0 Å². The van der Waals surface area contributed by atoms with Gasteiger partial charge in [-0.1, -0.05) is 13.8 Å². The zero-order chi connectivity index (χ0) is 34.1. The molecule has 12 N–H and O–H groups in total. The Morgan fingerprint density at radius 1 is 0.591 bits per heavy atom. The van der Waals surface area contributed by atoms with Gasteiger partial charge >= 0.3 is 23.9 Å². The fourth-order valence-corrected chi connectivity index (χ4v) is 3.53. The Balaban J connectivity index is 5.96. The number of carbonyl (C=O) groups excluding carboxylic acids is 5. The molecular weight excluding hydrogens is 596 g/mol. The summed E-state index contributed by atoms with van der Waals surface area (Å²) in [7, 11) is 0. The van der Waals surface area contributed by atoms with Crippen LogP contribution < -0.4 is 32.3 Å². The van der Waals surface area contributed by atoms with Crippen molar-refractivity contribution in [3.05, 3.63) is 0 Å². The molecule has 0 saturated carbocycles. The van der Waals surface area contributed by atoms with Gasteiger partial charge in [-0.25, -0.2) is 4.79 Å². The van der Waals surface area contributed by atoms with Gasteiger partial charge in [-0.05, 0) is 18.8 Å². The van der Waals surface area contributed by atoms with Crippen LogP contribution in [-0.2, 0) is 43.2 Å². The molecule has 0 aliphatic rings. The molecule has 0 spiro atoms. The van der Waals surface area contributed by atoms with Gasteiger partial charge in [-0.2, -0.15) is 0 Å². The van der Waals surface area contributed by atoms with Crippen molar-refractivity contribution < 1.29 is 68.7 Å². The van der Waals surface area contributed by atoms with Gasteiger partial charge in [0, 0.05) is 6.42 Å². The van der Waals surface area contributed by atoms with E-state index >= 15 is 0 Å². The molecular formula is C24H38N6O14. The smallest absolute Gasteiger partial charge is 0.326 e. The number of hydrogen-bond acceptors (Lipinski definition) is 11. The van der Waals surface area contributed by atoms with Crippen molar-refractivity contribution in [3.63, 3.8) is 0 Å². The Bertz CT molecular complexity index is 1100. The van der Waals surface area contributed by atoms with Gasteiger partial charge in [0.1, 0.15) is 30.2 Å². The standard InChI is InChI=1S/C24H38N6O14/c1-10(2)5-12(28-22(41)13(6-18(35)36)26-16(32)8-25)21(40)27-11(3-4-17(33)34)20(39)30-15(9-31)23(42)29-14(24(43)44)7-19(37)38/h10-15,31H,3-9,25H2,1-2H3,(H,26,32)(H,27,40)(H,28,41)(H,29,42)(H,30,39)(H,33,34)(H,35,36)(H,37,38)(H,43,44)/t11-,12-,13-,14-,15-/m0/s1. The van der Waals surface area contributed by atoms with Gasteiger partial charge < -0.3 is 57.9 Å². The van der Waals surface area contributed by atoms with E-state index in [1.165, 1.54) is 0 Å². The Hall–Kier alpha value is -4.85. The highest BCUT2D eigenvalue weighted by atomic mass is 16.4. The van der Waals surface area contributed by atoms with E-state index in [-0.39, 0.29) is 12.3 Å². The highest BCUT2D eigenvalue weighted by Crippen LogP contribution is 2.08. The van der Waals surface area contributed by atoms with Crippen LogP contribution in [0.25, 0.3) is 0 Å².